The highest BCUT2D eigenvalue weighted by molar-refractivity contribution is 5.86. The summed E-state index contributed by atoms with van der Waals surface area (Å²) in [5.74, 6) is 0.558. The van der Waals surface area contributed by atoms with Crippen LogP contribution in [0.25, 0.3) is 11.0 Å². The number of carbonyl (C=O) groups excluding carboxylic acids is 1. The van der Waals surface area contributed by atoms with Gasteiger partial charge in [-0.05, 0) is 37.5 Å². The van der Waals surface area contributed by atoms with Crippen molar-refractivity contribution in [2.24, 2.45) is 0 Å². The zero-order valence-corrected chi connectivity index (χ0v) is 8.89. The quantitative estimate of drug-likeness (QED) is 0.781. The molecule has 0 unspecified atom stereocenters. The van der Waals surface area contributed by atoms with Crippen molar-refractivity contribution in [2.75, 3.05) is 5.73 Å². The molecule has 0 aliphatic heterocycles. The number of aromatic nitrogens is 2. The van der Waals surface area contributed by atoms with Crippen LogP contribution in [0.3, 0.4) is 0 Å². The predicted octanol–water partition coefficient (Wildman–Crippen LogP) is 2.16. The lowest BCUT2D eigenvalue weighted by molar-refractivity contribution is 0.112. The van der Waals surface area contributed by atoms with Crippen molar-refractivity contribution >= 4 is 23.3 Å². The first kappa shape index (κ1) is 9.39. The molecule has 0 atom stereocenters. The topological polar surface area (TPSA) is 60.9 Å². The summed E-state index contributed by atoms with van der Waals surface area (Å²) < 4.78 is 2.06. The number of nitrogens with zero attached hydrogens (tertiary/aromatic N) is 2. The van der Waals surface area contributed by atoms with Gasteiger partial charge in [-0.1, -0.05) is 0 Å². The van der Waals surface area contributed by atoms with Gasteiger partial charge in [-0.25, -0.2) is 4.98 Å². The Balaban J connectivity index is 2.23. The summed E-state index contributed by atoms with van der Waals surface area (Å²) in [4.78, 5) is 15.1. The minimum atomic E-state index is 0.465. The summed E-state index contributed by atoms with van der Waals surface area (Å²) in [6, 6.07) is 5.95. The summed E-state index contributed by atoms with van der Waals surface area (Å²) in [5.41, 5.74) is 8.44. The van der Waals surface area contributed by atoms with Crippen LogP contribution in [0.2, 0.25) is 0 Å². The van der Waals surface area contributed by atoms with Gasteiger partial charge in [0.05, 0.1) is 11.0 Å². The zero-order valence-electron chi connectivity index (χ0n) is 8.89. The van der Waals surface area contributed by atoms with Gasteiger partial charge in [-0.3, -0.25) is 4.79 Å². The van der Waals surface area contributed by atoms with Crippen LogP contribution in [-0.2, 0) is 0 Å². The fourth-order valence-electron chi connectivity index (χ4n) is 2.23. The molecule has 1 aliphatic carbocycles. The van der Waals surface area contributed by atoms with E-state index in [1.54, 1.807) is 6.07 Å². The lowest BCUT2D eigenvalue weighted by atomic mass is 9.92. The van der Waals surface area contributed by atoms with Crippen molar-refractivity contribution in [1.29, 1.82) is 0 Å². The number of rotatable bonds is 2. The Morgan fingerprint density at radius 1 is 1.44 bits per heavy atom. The van der Waals surface area contributed by atoms with E-state index in [0.717, 1.165) is 30.2 Å². The molecule has 1 aromatic carbocycles. The molecule has 3 rings (SSSR count). The maximum Gasteiger partial charge on any atom is 0.201 e. The number of imidazole rings is 1. The summed E-state index contributed by atoms with van der Waals surface area (Å²) in [6.07, 6.45) is 4.41. The second-order valence-corrected chi connectivity index (χ2v) is 4.29. The van der Waals surface area contributed by atoms with Crippen LogP contribution >= 0.6 is 0 Å². The smallest absolute Gasteiger partial charge is 0.201 e. The molecule has 1 aromatic heterocycles. The van der Waals surface area contributed by atoms with Crippen molar-refractivity contribution in [3.05, 3.63) is 23.8 Å². The fourth-order valence-corrected chi connectivity index (χ4v) is 2.23. The standard InChI is InChI=1S/C12H13N3O/c13-12-14-10-5-4-8(7-16)6-11(10)15(12)9-2-1-3-9/h4-7,9H,1-3H2,(H2,13,14). The second-order valence-electron chi connectivity index (χ2n) is 4.29. The number of benzene rings is 1. The molecule has 1 fully saturated rings. The van der Waals surface area contributed by atoms with Gasteiger partial charge in [-0.2, -0.15) is 0 Å². The van der Waals surface area contributed by atoms with E-state index in [9.17, 15) is 4.79 Å². The highest BCUT2D eigenvalue weighted by Gasteiger charge is 2.23. The van der Waals surface area contributed by atoms with E-state index < -0.39 is 0 Å². The number of nitrogens with two attached hydrogens (primary N) is 1. The largest absolute Gasteiger partial charge is 0.369 e. The van der Waals surface area contributed by atoms with E-state index in [4.69, 9.17) is 5.73 Å². The number of aldehydes is 1. The molecule has 16 heavy (non-hydrogen) atoms. The van der Waals surface area contributed by atoms with Crippen molar-refractivity contribution in [3.8, 4) is 0 Å². The summed E-state index contributed by atoms with van der Waals surface area (Å²) in [6.45, 7) is 0. The summed E-state index contributed by atoms with van der Waals surface area (Å²) in [5, 5.41) is 0. The van der Waals surface area contributed by atoms with E-state index in [1.165, 1.54) is 6.42 Å². The Morgan fingerprint density at radius 2 is 2.25 bits per heavy atom. The Labute approximate surface area is 93.1 Å². The van der Waals surface area contributed by atoms with E-state index in [0.29, 0.717) is 17.6 Å². The van der Waals surface area contributed by atoms with E-state index in [1.807, 2.05) is 12.1 Å². The fraction of sp³-hybridized carbons (Fsp3) is 0.333. The SMILES string of the molecule is Nc1nc2ccc(C=O)cc2n1C1CCC1. The molecule has 4 heteroatoms. The molecule has 82 valence electrons. The lowest BCUT2D eigenvalue weighted by Gasteiger charge is -2.28. The third-order valence-corrected chi connectivity index (χ3v) is 3.32. The van der Waals surface area contributed by atoms with Gasteiger partial charge in [-0.15, -0.1) is 0 Å². The number of anilines is 1. The number of nitrogen functional groups attached to an aromatic ring is 1. The normalized spacial score (nSPS) is 16.2. The van der Waals surface area contributed by atoms with Gasteiger partial charge in [0.1, 0.15) is 6.29 Å². The maximum atomic E-state index is 10.8. The highest BCUT2D eigenvalue weighted by Crippen LogP contribution is 2.36. The molecule has 1 heterocycles. The van der Waals surface area contributed by atoms with Crippen LogP contribution < -0.4 is 5.73 Å². The molecular formula is C12H13N3O. The van der Waals surface area contributed by atoms with Crippen LogP contribution in [0.5, 0.6) is 0 Å². The Kier molecular flexibility index (Phi) is 1.96. The first-order chi connectivity index (χ1) is 7.79. The number of fused-ring (bicyclic) bond motifs is 1. The minimum Gasteiger partial charge on any atom is -0.369 e. The molecule has 2 aromatic rings. The molecule has 0 saturated heterocycles. The average Bonchev–Trinajstić information content (AvgIpc) is 2.53. The van der Waals surface area contributed by atoms with Crippen molar-refractivity contribution in [3.63, 3.8) is 0 Å². The van der Waals surface area contributed by atoms with Gasteiger partial charge in [0, 0.05) is 11.6 Å². The van der Waals surface area contributed by atoms with Gasteiger partial charge in [0.15, 0.2) is 0 Å². The Bertz CT molecular complexity index is 555. The van der Waals surface area contributed by atoms with Gasteiger partial charge < -0.3 is 10.3 Å². The van der Waals surface area contributed by atoms with Crippen molar-refractivity contribution in [1.82, 2.24) is 9.55 Å². The van der Waals surface area contributed by atoms with E-state index in [2.05, 4.69) is 9.55 Å². The number of carbonyl (C=O) groups is 1. The molecule has 0 radical (unpaired) electrons. The third-order valence-electron chi connectivity index (χ3n) is 3.32. The molecule has 0 bridgehead atoms. The Morgan fingerprint density at radius 3 is 2.88 bits per heavy atom. The monoisotopic (exact) mass is 215 g/mol. The van der Waals surface area contributed by atoms with Gasteiger partial charge in [0.2, 0.25) is 5.95 Å². The van der Waals surface area contributed by atoms with Crippen LogP contribution in [0.15, 0.2) is 18.2 Å². The molecule has 2 N–H and O–H groups in total. The van der Waals surface area contributed by atoms with Gasteiger partial charge in [0.25, 0.3) is 0 Å². The molecular weight excluding hydrogens is 202 g/mol. The number of hydrogen-bond acceptors (Lipinski definition) is 3. The van der Waals surface area contributed by atoms with Crippen LogP contribution in [-0.4, -0.2) is 15.8 Å². The maximum absolute atomic E-state index is 10.8. The zero-order chi connectivity index (χ0) is 11.1. The predicted molar refractivity (Wildman–Crippen MR) is 62.4 cm³/mol. The molecule has 0 spiro atoms. The minimum absolute atomic E-state index is 0.465. The molecule has 1 aliphatic rings. The summed E-state index contributed by atoms with van der Waals surface area (Å²) >= 11 is 0. The van der Waals surface area contributed by atoms with E-state index >= 15 is 0 Å². The highest BCUT2D eigenvalue weighted by atomic mass is 16.1. The first-order valence-electron chi connectivity index (χ1n) is 5.52. The molecule has 0 amide bonds. The first-order valence-corrected chi connectivity index (χ1v) is 5.52. The van der Waals surface area contributed by atoms with Crippen molar-refractivity contribution in [2.45, 2.75) is 25.3 Å². The van der Waals surface area contributed by atoms with E-state index in [-0.39, 0.29) is 0 Å². The molecule has 4 nitrogen and oxygen atoms in total. The average molecular weight is 215 g/mol. The van der Waals surface area contributed by atoms with Gasteiger partial charge >= 0.3 is 0 Å². The third kappa shape index (κ3) is 1.23. The second kappa shape index (κ2) is 3.33. The summed E-state index contributed by atoms with van der Waals surface area (Å²) in [7, 11) is 0. The number of hydrogen-bond donors (Lipinski definition) is 1. The van der Waals surface area contributed by atoms with Crippen LogP contribution in [0, 0.1) is 0 Å². The lowest BCUT2D eigenvalue weighted by Crippen LogP contribution is -2.18. The Hall–Kier alpha value is -1.84. The van der Waals surface area contributed by atoms with Crippen molar-refractivity contribution < 1.29 is 4.79 Å². The molecule has 1 saturated carbocycles. The van der Waals surface area contributed by atoms with Crippen LogP contribution in [0.4, 0.5) is 5.95 Å². The van der Waals surface area contributed by atoms with Crippen LogP contribution in [0.1, 0.15) is 35.7 Å².